The molecule has 4 fully saturated rings. The maximum Gasteiger partial charge on any atom is 0.0728 e. The van der Waals surface area contributed by atoms with Gasteiger partial charge in [-0.1, -0.05) is 53.9 Å². The zero-order chi connectivity index (χ0) is 21.0. The second kappa shape index (κ2) is 7.80. The average molecular weight is 405 g/mol. The highest BCUT2D eigenvalue weighted by Crippen LogP contribution is 2.69. The van der Waals surface area contributed by atoms with Gasteiger partial charge in [-0.25, -0.2) is 0 Å². The molecule has 0 aliphatic heterocycles. The van der Waals surface area contributed by atoms with E-state index in [1.54, 1.807) is 0 Å². The Morgan fingerprint density at radius 2 is 1.62 bits per heavy atom. The highest BCUT2D eigenvalue weighted by Gasteiger charge is 2.64. The van der Waals surface area contributed by atoms with Crippen molar-refractivity contribution in [1.29, 1.82) is 0 Å². The minimum atomic E-state index is -0.623. The van der Waals surface area contributed by atoms with Gasteiger partial charge in [-0.3, -0.25) is 0 Å². The zero-order valence-corrected chi connectivity index (χ0v) is 19.9. The lowest BCUT2D eigenvalue weighted by atomic mass is 9.43. The Morgan fingerprint density at radius 1 is 0.862 bits per heavy atom. The molecule has 0 saturated heterocycles. The molecule has 4 aliphatic rings. The third-order valence-electron chi connectivity index (χ3n) is 11.0. The van der Waals surface area contributed by atoms with Crippen LogP contribution in [-0.2, 0) is 0 Å². The van der Waals surface area contributed by atoms with E-state index in [0.717, 1.165) is 48.9 Å². The molecule has 0 amide bonds. The summed E-state index contributed by atoms with van der Waals surface area (Å²) in [6, 6.07) is 0. The first-order valence-electron chi connectivity index (χ1n) is 13.0. The first-order chi connectivity index (χ1) is 13.6. The van der Waals surface area contributed by atoms with Crippen LogP contribution in [0.2, 0.25) is 0 Å². The summed E-state index contributed by atoms with van der Waals surface area (Å²) in [4.78, 5) is 0. The zero-order valence-electron chi connectivity index (χ0n) is 19.9. The summed E-state index contributed by atoms with van der Waals surface area (Å²) >= 11 is 0. The van der Waals surface area contributed by atoms with Crippen molar-refractivity contribution < 1.29 is 10.2 Å². The Bertz CT molecular complexity index is 587. The maximum absolute atomic E-state index is 11.6. The summed E-state index contributed by atoms with van der Waals surface area (Å²) in [6.07, 6.45) is 14.1. The molecule has 9 atom stereocenters. The Balaban J connectivity index is 1.49. The van der Waals surface area contributed by atoms with E-state index in [0.29, 0.717) is 17.8 Å². The number of hydrogen-bond donors (Lipinski definition) is 2. The molecule has 0 aromatic rings. The normalized spacial score (nSPS) is 50.7. The SMILES string of the molecule is CC(C)CCC[C@@H](C)[C@H]1CC[C@H]2[C@@H]3CCC4(O)CC(O)CC[C@]4(C)[C@H]3CC[C@]12C. The van der Waals surface area contributed by atoms with Crippen molar-refractivity contribution in [2.45, 2.75) is 123 Å². The van der Waals surface area contributed by atoms with E-state index in [1.165, 1.54) is 51.4 Å². The van der Waals surface area contributed by atoms with E-state index in [9.17, 15) is 10.2 Å². The van der Waals surface area contributed by atoms with Crippen molar-refractivity contribution in [3.8, 4) is 0 Å². The van der Waals surface area contributed by atoms with Gasteiger partial charge in [-0.15, -0.1) is 0 Å². The van der Waals surface area contributed by atoms with Crippen LogP contribution in [0, 0.1) is 46.3 Å². The monoisotopic (exact) mass is 404 g/mol. The van der Waals surface area contributed by atoms with Crippen molar-refractivity contribution in [2.75, 3.05) is 0 Å². The predicted molar refractivity (Wildman–Crippen MR) is 121 cm³/mol. The van der Waals surface area contributed by atoms with Gasteiger partial charge in [0.05, 0.1) is 11.7 Å². The van der Waals surface area contributed by atoms with Gasteiger partial charge in [0.15, 0.2) is 0 Å². The molecule has 4 rings (SSSR count). The van der Waals surface area contributed by atoms with Crippen LogP contribution >= 0.6 is 0 Å². The van der Waals surface area contributed by atoms with Gasteiger partial charge in [-0.2, -0.15) is 0 Å². The van der Waals surface area contributed by atoms with Crippen LogP contribution in [0.15, 0.2) is 0 Å². The second-order valence-corrected chi connectivity index (χ2v) is 12.8. The van der Waals surface area contributed by atoms with Crippen molar-refractivity contribution in [3.63, 3.8) is 0 Å². The molecule has 0 heterocycles. The van der Waals surface area contributed by atoms with Crippen LogP contribution in [-0.4, -0.2) is 21.9 Å². The fourth-order valence-electron chi connectivity index (χ4n) is 9.25. The molecule has 2 heteroatoms. The molecule has 2 unspecified atom stereocenters. The molecule has 29 heavy (non-hydrogen) atoms. The molecule has 0 radical (unpaired) electrons. The Labute approximate surface area is 180 Å². The number of rotatable bonds is 5. The van der Waals surface area contributed by atoms with Gasteiger partial charge in [0, 0.05) is 6.42 Å². The van der Waals surface area contributed by atoms with Gasteiger partial charge in [0.25, 0.3) is 0 Å². The fourth-order valence-corrected chi connectivity index (χ4v) is 9.25. The molecule has 0 bridgehead atoms. The second-order valence-electron chi connectivity index (χ2n) is 12.8. The molecule has 4 saturated carbocycles. The van der Waals surface area contributed by atoms with Crippen molar-refractivity contribution >= 4 is 0 Å². The number of hydrogen-bond acceptors (Lipinski definition) is 2. The van der Waals surface area contributed by atoms with E-state index in [2.05, 4.69) is 34.6 Å². The lowest BCUT2D eigenvalue weighted by molar-refractivity contribution is -0.220. The van der Waals surface area contributed by atoms with Crippen molar-refractivity contribution in [2.24, 2.45) is 46.3 Å². The van der Waals surface area contributed by atoms with Gasteiger partial charge < -0.3 is 10.2 Å². The van der Waals surface area contributed by atoms with Gasteiger partial charge in [-0.05, 0) is 97.7 Å². The first-order valence-corrected chi connectivity index (χ1v) is 13.0. The summed E-state index contributed by atoms with van der Waals surface area (Å²) in [6.45, 7) is 12.3. The average Bonchev–Trinajstić information content (AvgIpc) is 2.99. The quantitative estimate of drug-likeness (QED) is 0.543. The van der Waals surface area contributed by atoms with Crippen LogP contribution in [0.3, 0.4) is 0 Å². The van der Waals surface area contributed by atoms with E-state index in [4.69, 9.17) is 0 Å². The molecular formula is C27H48O2. The third-order valence-corrected chi connectivity index (χ3v) is 11.0. The topological polar surface area (TPSA) is 40.5 Å². The predicted octanol–water partition coefficient (Wildman–Crippen LogP) is 6.58. The molecule has 2 nitrogen and oxygen atoms in total. The lowest BCUT2D eigenvalue weighted by Crippen LogP contribution is -2.62. The summed E-state index contributed by atoms with van der Waals surface area (Å²) in [5, 5.41) is 21.8. The van der Waals surface area contributed by atoms with E-state index < -0.39 is 5.60 Å². The van der Waals surface area contributed by atoms with E-state index in [1.807, 2.05) is 0 Å². The molecule has 0 aromatic carbocycles. The van der Waals surface area contributed by atoms with E-state index in [-0.39, 0.29) is 11.5 Å². The molecule has 168 valence electrons. The van der Waals surface area contributed by atoms with Crippen molar-refractivity contribution in [3.05, 3.63) is 0 Å². The molecule has 4 aliphatic carbocycles. The van der Waals surface area contributed by atoms with Gasteiger partial charge in [0.2, 0.25) is 0 Å². The van der Waals surface area contributed by atoms with Gasteiger partial charge >= 0.3 is 0 Å². The summed E-state index contributed by atoms with van der Waals surface area (Å²) < 4.78 is 0. The number of fused-ring (bicyclic) bond motifs is 5. The Hall–Kier alpha value is -0.0800. The molecule has 0 aromatic heterocycles. The van der Waals surface area contributed by atoms with Crippen molar-refractivity contribution in [1.82, 2.24) is 0 Å². The molecule has 2 N–H and O–H groups in total. The minimum Gasteiger partial charge on any atom is -0.393 e. The van der Waals surface area contributed by atoms with Crippen LogP contribution in [0.4, 0.5) is 0 Å². The van der Waals surface area contributed by atoms with Crippen LogP contribution in [0.5, 0.6) is 0 Å². The Morgan fingerprint density at radius 3 is 2.34 bits per heavy atom. The first kappa shape index (κ1) is 22.1. The largest absolute Gasteiger partial charge is 0.393 e. The third kappa shape index (κ3) is 3.53. The number of aliphatic hydroxyl groups is 2. The maximum atomic E-state index is 11.6. The fraction of sp³-hybridized carbons (Fsp3) is 1.00. The van der Waals surface area contributed by atoms with Crippen LogP contribution < -0.4 is 0 Å². The van der Waals surface area contributed by atoms with Gasteiger partial charge in [0.1, 0.15) is 0 Å². The summed E-state index contributed by atoms with van der Waals surface area (Å²) in [5.74, 6) is 4.94. The Kier molecular flexibility index (Phi) is 5.95. The van der Waals surface area contributed by atoms with Crippen LogP contribution in [0.1, 0.15) is 112 Å². The molecule has 0 spiro atoms. The summed E-state index contributed by atoms with van der Waals surface area (Å²) in [5.41, 5.74) is -0.0719. The van der Waals surface area contributed by atoms with Crippen LogP contribution in [0.25, 0.3) is 0 Å². The lowest BCUT2D eigenvalue weighted by Gasteiger charge is -2.64. The van der Waals surface area contributed by atoms with E-state index >= 15 is 0 Å². The molecular weight excluding hydrogens is 356 g/mol. The summed E-state index contributed by atoms with van der Waals surface area (Å²) in [7, 11) is 0. The number of aliphatic hydroxyl groups excluding tert-OH is 1. The highest BCUT2D eigenvalue weighted by molar-refractivity contribution is 5.14. The minimum absolute atomic E-state index is 0.0252. The highest BCUT2D eigenvalue weighted by atomic mass is 16.3. The smallest absolute Gasteiger partial charge is 0.0728 e. The standard InChI is InChI=1S/C27H48O2/c1-18(2)7-6-8-19(3)22-9-10-23-21-12-16-27(29)17-20(28)11-15-26(27,5)24(21)13-14-25(22,23)4/h18-24,28-29H,6-17H2,1-5H3/t19-,20?,21+,22-,23+,24+,25-,26-,27?/m1/s1.